The third-order valence-corrected chi connectivity index (χ3v) is 3.73. The first-order chi connectivity index (χ1) is 12.7. The van der Waals surface area contributed by atoms with Crippen LogP contribution < -0.4 is 0 Å². The Morgan fingerprint density at radius 1 is 0.667 bits per heavy atom. The van der Waals surface area contributed by atoms with Crippen molar-refractivity contribution < 1.29 is 39.2 Å². The lowest BCUT2D eigenvalue weighted by atomic mass is 10.4. The molecule has 0 aromatic carbocycles. The first-order valence-electron chi connectivity index (χ1n) is 8.65. The summed E-state index contributed by atoms with van der Waals surface area (Å²) < 4.78 is 5.11. The van der Waals surface area contributed by atoms with Crippen molar-refractivity contribution in [2.45, 2.75) is 13.8 Å². The van der Waals surface area contributed by atoms with E-state index >= 15 is 0 Å². The summed E-state index contributed by atoms with van der Waals surface area (Å²) in [6.07, 6.45) is 0. The maximum atomic E-state index is 11.9. The number of aliphatic carboxylic acids is 3. The van der Waals surface area contributed by atoms with E-state index in [9.17, 15) is 19.2 Å². The molecule has 0 amide bonds. The van der Waals surface area contributed by atoms with Gasteiger partial charge in [-0.15, -0.1) is 0 Å². The van der Waals surface area contributed by atoms with E-state index < -0.39 is 43.5 Å². The Bertz CT molecular complexity index is 480. The van der Waals surface area contributed by atoms with E-state index in [1.54, 1.807) is 0 Å². The second-order valence-corrected chi connectivity index (χ2v) is 5.85. The van der Waals surface area contributed by atoms with Crippen LogP contribution in [0.2, 0.25) is 0 Å². The van der Waals surface area contributed by atoms with Gasteiger partial charge in [0.15, 0.2) is 0 Å². The quantitative estimate of drug-likeness (QED) is 0.270. The molecule has 0 aliphatic rings. The van der Waals surface area contributed by atoms with Gasteiger partial charge in [-0.05, 0) is 13.1 Å². The fourth-order valence-corrected chi connectivity index (χ4v) is 2.34. The Morgan fingerprint density at radius 2 is 1.07 bits per heavy atom. The van der Waals surface area contributed by atoms with Crippen LogP contribution in [0, 0.1) is 0 Å². The van der Waals surface area contributed by atoms with Gasteiger partial charge < -0.3 is 25.0 Å². The molecule has 0 aliphatic carbocycles. The zero-order valence-electron chi connectivity index (χ0n) is 15.8. The van der Waals surface area contributed by atoms with E-state index in [0.717, 1.165) is 18.0 Å². The van der Waals surface area contributed by atoms with Gasteiger partial charge in [0.2, 0.25) is 0 Å². The van der Waals surface area contributed by atoms with E-state index in [2.05, 4.69) is 4.90 Å². The standard InChI is InChI=1S/C16H29N3O8/c1-3-17(4-2)7-8-27-16(26)12-19(11-15(24)25)6-5-18(9-13(20)21)10-14(22)23/h3-12H2,1-2H3,(H,20,21)(H,22,23)(H,24,25). The van der Waals surface area contributed by atoms with Gasteiger partial charge in [0, 0.05) is 19.6 Å². The van der Waals surface area contributed by atoms with Crippen molar-refractivity contribution in [3.8, 4) is 0 Å². The van der Waals surface area contributed by atoms with Crippen LogP contribution in [0.5, 0.6) is 0 Å². The van der Waals surface area contributed by atoms with Crippen LogP contribution in [0.15, 0.2) is 0 Å². The molecule has 0 spiro atoms. The molecule has 27 heavy (non-hydrogen) atoms. The van der Waals surface area contributed by atoms with Crippen molar-refractivity contribution in [2.75, 3.05) is 65.5 Å². The summed E-state index contributed by atoms with van der Waals surface area (Å²) in [5.74, 6) is -4.14. The number of ether oxygens (including phenoxy) is 1. The molecule has 0 saturated heterocycles. The first kappa shape index (κ1) is 24.8. The van der Waals surface area contributed by atoms with Crippen LogP contribution >= 0.6 is 0 Å². The summed E-state index contributed by atoms with van der Waals surface area (Å²) in [6, 6.07) is 0. The smallest absolute Gasteiger partial charge is 0.320 e. The second kappa shape index (κ2) is 13.9. The summed E-state index contributed by atoms with van der Waals surface area (Å²) in [6.45, 7) is 4.65. The normalized spacial score (nSPS) is 11.1. The molecule has 0 aromatic heterocycles. The number of rotatable bonds is 16. The molecule has 0 aromatic rings. The number of carbonyl (C=O) groups is 4. The molecule has 11 heteroatoms. The highest BCUT2D eigenvalue weighted by Gasteiger charge is 2.19. The molecule has 0 unspecified atom stereocenters. The number of carbonyl (C=O) groups excluding carboxylic acids is 1. The minimum absolute atomic E-state index is 0.0119. The minimum Gasteiger partial charge on any atom is -0.480 e. The first-order valence-corrected chi connectivity index (χ1v) is 8.65. The van der Waals surface area contributed by atoms with Gasteiger partial charge in [-0.25, -0.2) is 0 Å². The van der Waals surface area contributed by atoms with Gasteiger partial charge >= 0.3 is 23.9 Å². The zero-order valence-corrected chi connectivity index (χ0v) is 15.8. The average Bonchev–Trinajstić information content (AvgIpc) is 2.54. The van der Waals surface area contributed by atoms with Gasteiger partial charge in [-0.3, -0.25) is 29.0 Å². The van der Waals surface area contributed by atoms with Crippen LogP contribution in [0.3, 0.4) is 0 Å². The molecule has 0 fully saturated rings. The summed E-state index contributed by atoms with van der Waals surface area (Å²) in [5.41, 5.74) is 0. The number of nitrogens with zero attached hydrogens (tertiary/aromatic N) is 3. The maximum absolute atomic E-state index is 11.9. The van der Waals surface area contributed by atoms with Crippen LogP contribution in [0.4, 0.5) is 0 Å². The second-order valence-electron chi connectivity index (χ2n) is 5.85. The largest absolute Gasteiger partial charge is 0.480 e. The molecule has 0 rings (SSSR count). The SMILES string of the molecule is CCN(CC)CCOC(=O)CN(CCN(CC(=O)O)CC(=O)O)CC(=O)O. The highest BCUT2D eigenvalue weighted by atomic mass is 16.5. The Labute approximate surface area is 158 Å². The number of esters is 1. The predicted molar refractivity (Wildman–Crippen MR) is 94.5 cm³/mol. The van der Waals surface area contributed by atoms with E-state index in [4.69, 9.17) is 20.1 Å². The lowest BCUT2D eigenvalue weighted by Crippen LogP contribution is -2.43. The predicted octanol–water partition coefficient (Wildman–Crippen LogP) is -1.27. The monoisotopic (exact) mass is 391 g/mol. The zero-order chi connectivity index (χ0) is 20.8. The summed E-state index contributed by atoms with van der Waals surface area (Å²) in [7, 11) is 0. The number of carboxylic acid groups (broad SMARTS) is 3. The summed E-state index contributed by atoms with van der Waals surface area (Å²) in [5, 5.41) is 26.6. The van der Waals surface area contributed by atoms with Crippen molar-refractivity contribution in [3.05, 3.63) is 0 Å². The minimum atomic E-state index is -1.20. The lowest BCUT2D eigenvalue weighted by Gasteiger charge is -2.24. The highest BCUT2D eigenvalue weighted by molar-refractivity contribution is 5.74. The summed E-state index contributed by atoms with van der Waals surface area (Å²) in [4.78, 5) is 49.0. The van der Waals surface area contributed by atoms with Crippen LogP contribution in [-0.2, 0) is 23.9 Å². The molecule has 0 bridgehead atoms. The van der Waals surface area contributed by atoms with E-state index in [1.165, 1.54) is 4.90 Å². The van der Waals surface area contributed by atoms with Gasteiger partial charge in [0.1, 0.15) is 6.61 Å². The molecule has 0 atom stereocenters. The van der Waals surface area contributed by atoms with E-state index in [0.29, 0.717) is 6.54 Å². The fraction of sp³-hybridized carbons (Fsp3) is 0.750. The Balaban J connectivity index is 4.58. The van der Waals surface area contributed by atoms with Crippen molar-refractivity contribution in [1.29, 1.82) is 0 Å². The van der Waals surface area contributed by atoms with Gasteiger partial charge in [-0.1, -0.05) is 13.8 Å². The van der Waals surface area contributed by atoms with Gasteiger partial charge in [0.05, 0.1) is 26.2 Å². The lowest BCUT2D eigenvalue weighted by molar-refractivity contribution is -0.148. The molecule has 0 aliphatic heterocycles. The van der Waals surface area contributed by atoms with Gasteiger partial charge in [0.25, 0.3) is 0 Å². The number of likely N-dealkylation sites (N-methyl/N-ethyl adjacent to an activating group) is 1. The maximum Gasteiger partial charge on any atom is 0.320 e. The van der Waals surface area contributed by atoms with Crippen LogP contribution in [0.25, 0.3) is 0 Å². The topological polar surface area (TPSA) is 148 Å². The molecular formula is C16H29N3O8. The molecule has 156 valence electrons. The number of hydrogen-bond acceptors (Lipinski definition) is 8. The number of hydrogen-bond donors (Lipinski definition) is 3. The molecule has 3 N–H and O–H groups in total. The van der Waals surface area contributed by atoms with Crippen LogP contribution in [0.1, 0.15) is 13.8 Å². The van der Waals surface area contributed by atoms with Crippen LogP contribution in [-0.4, -0.2) is 119 Å². The third kappa shape index (κ3) is 13.6. The Kier molecular flexibility index (Phi) is 12.7. The highest BCUT2D eigenvalue weighted by Crippen LogP contribution is 1.96. The summed E-state index contributed by atoms with van der Waals surface area (Å²) >= 11 is 0. The fourth-order valence-electron chi connectivity index (χ4n) is 2.34. The Morgan fingerprint density at radius 3 is 1.44 bits per heavy atom. The average molecular weight is 391 g/mol. The van der Waals surface area contributed by atoms with Crippen molar-refractivity contribution in [3.63, 3.8) is 0 Å². The van der Waals surface area contributed by atoms with E-state index in [-0.39, 0.29) is 26.2 Å². The molecule has 0 heterocycles. The van der Waals surface area contributed by atoms with Crippen molar-refractivity contribution in [1.82, 2.24) is 14.7 Å². The Hall–Kier alpha value is -2.24. The number of carboxylic acids is 3. The van der Waals surface area contributed by atoms with E-state index in [1.807, 2.05) is 13.8 Å². The molecule has 0 saturated carbocycles. The van der Waals surface area contributed by atoms with Crippen molar-refractivity contribution >= 4 is 23.9 Å². The van der Waals surface area contributed by atoms with Crippen molar-refractivity contribution in [2.24, 2.45) is 0 Å². The van der Waals surface area contributed by atoms with Gasteiger partial charge in [-0.2, -0.15) is 0 Å². The molecular weight excluding hydrogens is 362 g/mol. The molecule has 0 radical (unpaired) electrons. The molecule has 11 nitrogen and oxygen atoms in total. The third-order valence-electron chi connectivity index (χ3n) is 3.73.